The highest BCUT2D eigenvalue weighted by Crippen LogP contribution is 2.55. The van der Waals surface area contributed by atoms with Crippen LogP contribution in [0.4, 0.5) is 29.1 Å². The van der Waals surface area contributed by atoms with Gasteiger partial charge in [0.2, 0.25) is 24.2 Å². The Labute approximate surface area is 269 Å². The van der Waals surface area contributed by atoms with Crippen molar-refractivity contribution < 1.29 is 27.1 Å². The van der Waals surface area contributed by atoms with E-state index in [1.165, 1.54) is 29.3 Å². The average molecular weight is 662 g/mol. The summed E-state index contributed by atoms with van der Waals surface area (Å²) in [5, 5.41) is 18.2. The van der Waals surface area contributed by atoms with E-state index in [9.17, 15) is 22.4 Å². The number of ether oxygens (including phenoxy) is 1. The minimum absolute atomic E-state index is 0.159. The van der Waals surface area contributed by atoms with Gasteiger partial charge in [0.05, 0.1) is 17.6 Å². The summed E-state index contributed by atoms with van der Waals surface area (Å²) in [5.74, 6) is -0.898. The van der Waals surface area contributed by atoms with Gasteiger partial charge >= 0.3 is 6.61 Å². The van der Waals surface area contributed by atoms with Crippen molar-refractivity contribution in [1.82, 2.24) is 29.4 Å². The van der Waals surface area contributed by atoms with Crippen LogP contribution >= 0.6 is 12.6 Å². The molecule has 0 aromatic carbocycles. The molecule has 0 radical (unpaired) electrons. The van der Waals surface area contributed by atoms with E-state index in [0.717, 1.165) is 42.3 Å². The van der Waals surface area contributed by atoms with Crippen LogP contribution in [0.5, 0.6) is 5.88 Å². The highest BCUT2D eigenvalue weighted by molar-refractivity contribution is 7.79. The second kappa shape index (κ2) is 17.6. The number of thiol groups is 1. The molecule has 1 spiro atoms. The molecule has 4 aromatic heterocycles. The van der Waals surface area contributed by atoms with Crippen molar-refractivity contribution in [3.8, 4) is 11.9 Å². The van der Waals surface area contributed by atoms with Crippen LogP contribution in [0.15, 0.2) is 42.2 Å². The predicted octanol–water partition coefficient (Wildman–Crippen LogP) is 6.68. The molecule has 0 unspecified atom stereocenters. The fourth-order valence-corrected chi connectivity index (χ4v) is 4.81. The van der Waals surface area contributed by atoms with Crippen molar-refractivity contribution in [3.63, 3.8) is 0 Å². The van der Waals surface area contributed by atoms with Crippen LogP contribution in [0.25, 0.3) is 11.2 Å². The molecule has 1 N–H and O–H groups in total. The number of alkyl halides is 2. The number of hydrogen-bond acceptors (Lipinski definition) is 9. The number of fused-ring (bicyclic) bond motifs is 4. The van der Waals surface area contributed by atoms with Crippen LogP contribution < -0.4 is 10.1 Å². The maximum absolute atomic E-state index is 13.3. The zero-order chi connectivity index (χ0) is 34.4. The van der Waals surface area contributed by atoms with Crippen molar-refractivity contribution >= 4 is 48.0 Å². The third kappa shape index (κ3) is 8.90. The summed E-state index contributed by atoms with van der Waals surface area (Å²) in [5.41, 5.74) is 4.12. The molecule has 16 heteroatoms. The van der Waals surface area contributed by atoms with Gasteiger partial charge in [0, 0.05) is 42.6 Å². The van der Waals surface area contributed by atoms with E-state index in [1.54, 1.807) is 37.0 Å². The van der Waals surface area contributed by atoms with E-state index in [2.05, 4.69) is 54.4 Å². The van der Waals surface area contributed by atoms with Crippen molar-refractivity contribution in [3.05, 3.63) is 65.9 Å². The van der Waals surface area contributed by atoms with Crippen LogP contribution in [0.2, 0.25) is 0 Å². The molecular weight excluding hydrogens is 626 g/mol. The number of aromatic nitrogens is 6. The van der Waals surface area contributed by atoms with Crippen LogP contribution in [-0.2, 0) is 17.3 Å². The summed E-state index contributed by atoms with van der Waals surface area (Å²) in [6, 6.07) is 5.46. The number of nitrogens with zero attached hydrogens (tertiary/aromatic N) is 8. The molecule has 6 rings (SSSR count). The summed E-state index contributed by atoms with van der Waals surface area (Å²) < 4.78 is 56.3. The zero-order valence-electron chi connectivity index (χ0n) is 26.0. The van der Waals surface area contributed by atoms with Gasteiger partial charge in [-0.2, -0.15) is 35.5 Å². The summed E-state index contributed by atoms with van der Waals surface area (Å²) >= 11 is 3.53. The summed E-state index contributed by atoms with van der Waals surface area (Å²) in [6.45, 7) is 6.83. The predicted molar refractivity (Wildman–Crippen MR) is 171 cm³/mol. The van der Waals surface area contributed by atoms with Gasteiger partial charge in [0.15, 0.2) is 11.5 Å². The SMILES string of the molecule is C/C=N\c1cc(F)nn1C.C=C1CC2(CCC2)c2c1cnc1cc(F)nn21.CC.CS.N#Cc1cc(NC=O)cnc1OC(F)F. The van der Waals surface area contributed by atoms with Crippen molar-refractivity contribution in [2.24, 2.45) is 12.0 Å². The summed E-state index contributed by atoms with van der Waals surface area (Å²) in [7, 11) is 1.64. The molecule has 0 atom stereocenters. The molecule has 46 heavy (non-hydrogen) atoms. The number of pyridine rings is 1. The maximum atomic E-state index is 13.3. The molecule has 4 heterocycles. The number of anilines is 1. The quantitative estimate of drug-likeness (QED) is 0.105. The monoisotopic (exact) mass is 661 g/mol. The van der Waals surface area contributed by atoms with Gasteiger partial charge in [-0.3, -0.25) is 4.79 Å². The summed E-state index contributed by atoms with van der Waals surface area (Å²) in [6.07, 6.45) is 11.1. The summed E-state index contributed by atoms with van der Waals surface area (Å²) in [4.78, 5) is 21.6. The number of nitrogens with one attached hydrogen (secondary N) is 1. The number of rotatable bonds is 5. The third-order valence-electron chi connectivity index (χ3n) is 6.68. The molecule has 1 amide bonds. The number of nitriles is 1. The van der Waals surface area contributed by atoms with E-state index in [-0.39, 0.29) is 16.7 Å². The van der Waals surface area contributed by atoms with E-state index in [1.807, 2.05) is 20.0 Å². The standard InChI is InChI=1S/C13H12FN3.C8H5F2N3O2.C6H8FN3.C2H6.CH4S/c1-8-6-13(3-2-4-13)12-9(8)7-15-11-5-10(14)16-17(11)12;9-8(10)15-7-5(2-11)1-6(3-12-7)13-4-14;1-3-8-6-4-5(7)9-10(6)2;2*1-2/h5,7H,1-4,6H2;1,3-4,8H,(H,13,14);3-4H,1-2H3;1-2H3;2H,1H3/b;;8-3-;;. The van der Waals surface area contributed by atoms with Gasteiger partial charge in [-0.15, -0.1) is 10.2 Å². The Morgan fingerprint density at radius 2 is 1.83 bits per heavy atom. The number of halogens is 4. The second-order valence-corrected chi connectivity index (χ2v) is 9.34. The maximum Gasteiger partial charge on any atom is 0.388 e. The molecule has 0 aliphatic heterocycles. The number of amides is 1. The molecule has 11 nitrogen and oxygen atoms in total. The number of carbonyl (C=O) groups excluding carboxylic acids is 1. The van der Waals surface area contributed by atoms with Crippen LogP contribution in [-0.4, -0.2) is 54.9 Å². The molecular formula is C30H35F4N9O2S. The highest BCUT2D eigenvalue weighted by atomic mass is 32.1. The average Bonchev–Trinajstić information content (AvgIpc) is 3.67. The highest BCUT2D eigenvalue weighted by Gasteiger charge is 2.47. The Morgan fingerprint density at radius 3 is 2.35 bits per heavy atom. The lowest BCUT2D eigenvalue weighted by Gasteiger charge is -2.38. The van der Waals surface area contributed by atoms with Crippen molar-refractivity contribution in [2.45, 2.75) is 58.5 Å². The van der Waals surface area contributed by atoms with Gasteiger partial charge in [0.25, 0.3) is 0 Å². The largest absolute Gasteiger partial charge is 0.415 e. The fraction of sp³-hybridized carbons (Fsp3) is 0.367. The minimum Gasteiger partial charge on any atom is -0.415 e. The van der Waals surface area contributed by atoms with Crippen LogP contribution in [0.3, 0.4) is 0 Å². The molecule has 2 aliphatic carbocycles. The molecule has 246 valence electrons. The zero-order valence-corrected chi connectivity index (χ0v) is 26.9. The Kier molecular flexibility index (Phi) is 14.3. The molecule has 0 bridgehead atoms. The van der Waals surface area contributed by atoms with Gasteiger partial charge < -0.3 is 10.1 Å². The Morgan fingerprint density at radius 1 is 1.15 bits per heavy atom. The first-order valence-corrected chi connectivity index (χ1v) is 14.9. The van der Waals surface area contributed by atoms with Crippen molar-refractivity contribution in [1.29, 1.82) is 5.26 Å². The number of allylic oxidation sites excluding steroid dienone is 1. The number of carbonyl (C=O) groups is 1. The van der Waals surface area contributed by atoms with Gasteiger partial charge in [-0.05, 0) is 44.1 Å². The van der Waals surface area contributed by atoms with Crippen molar-refractivity contribution in [2.75, 3.05) is 11.6 Å². The first kappa shape index (κ1) is 37.4. The van der Waals surface area contributed by atoms with Crippen LogP contribution in [0, 0.1) is 23.2 Å². The first-order valence-electron chi connectivity index (χ1n) is 14.0. The third-order valence-corrected chi connectivity index (χ3v) is 6.68. The molecule has 1 saturated carbocycles. The topological polar surface area (TPSA) is 135 Å². The molecule has 4 aromatic rings. The first-order chi connectivity index (χ1) is 22.1. The number of aryl methyl sites for hydroxylation is 1. The normalized spacial score (nSPS) is 13.5. The Bertz CT molecular complexity index is 1700. The van der Waals surface area contributed by atoms with Gasteiger partial charge in [-0.25, -0.2) is 24.2 Å². The minimum atomic E-state index is -3.05. The smallest absolute Gasteiger partial charge is 0.388 e. The van der Waals surface area contributed by atoms with Gasteiger partial charge in [-0.1, -0.05) is 26.8 Å². The second-order valence-electron chi connectivity index (χ2n) is 9.34. The Hall–Kier alpha value is -4.78. The number of aliphatic imine (C=N–C) groups is 1. The lowest BCUT2D eigenvalue weighted by molar-refractivity contribution is -0.105. The molecule has 0 saturated heterocycles. The van der Waals surface area contributed by atoms with E-state index < -0.39 is 24.4 Å². The van der Waals surface area contributed by atoms with Crippen LogP contribution in [0.1, 0.15) is 63.3 Å². The van der Waals surface area contributed by atoms with E-state index in [0.29, 0.717) is 17.9 Å². The lowest BCUT2D eigenvalue weighted by Crippen LogP contribution is -2.33. The van der Waals surface area contributed by atoms with E-state index in [4.69, 9.17) is 5.26 Å². The lowest BCUT2D eigenvalue weighted by atomic mass is 9.67. The van der Waals surface area contributed by atoms with E-state index >= 15 is 0 Å². The molecule has 2 aliphatic rings. The molecule has 1 fully saturated rings. The fourth-order valence-electron chi connectivity index (χ4n) is 4.81. The van der Waals surface area contributed by atoms with Gasteiger partial charge in [0.1, 0.15) is 11.6 Å². The Balaban J connectivity index is 0.000000234. The number of hydrogen-bond donors (Lipinski definition) is 2.